The average Bonchev–Trinajstić information content (AvgIpc) is 3.21. The highest BCUT2D eigenvalue weighted by Crippen LogP contribution is 2.32. The summed E-state index contributed by atoms with van der Waals surface area (Å²) in [6.07, 6.45) is 5.45. The molecule has 5 heterocycles. The maximum Gasteiger partial charge on any atom is 0.227 e. The lowest BCUT2D eigenvalue weighted by molar-refractivity contribution is -0.127. The second kappa shape index (κ2) is 8.70. The Labute approximate surface area is 204 Å². The van der Waals surface area contributed by atoms with Crippen LogP contribution in [-0.2, 0) is 10.3 Å². The van der Waals surface area contributed by atoms with Gasteiger partial charge >= 0.3 is 0 Å². The molecule has 2 saturated heterocycles. The molecule has 0 aromatic carbocycles. The number of halogens is 1. The third-order valence-corrected chi connectivity index (χ3v) is 7.32. The maximum atomic E-state index is 13.1. The number of hydrogen-bond acceptors (Lipinski definition) is 7. The highest BCUT2D eigenvalue weighted by Gasteiger charge is 2.38. The lowest BCUT2D eigenvalue weighted by atomic mass is 9.95. The number of piperazine rings is 1. The van der Waals surface area contributed by atoms with Crippen LogP contribution in [-0.4, -0.2) is 63.5 Å². The summed E-state index contributed by atoms with van der Waals surface area (Å²) < 4.78 is 2.01. The van der Waals surface area contributed by atoms with Crippen molar-refractivity contribution in [3.63, 3.8) is 0 Å². The minimum atomic E-state index is -0.562. The summed E-state index contributed by atoms with van der Waals surface area (Å²) in [6.45, 7) is 11.2. The summed E-state index contributed by atoms with van der Waals surface area (Å²) in [5, 5.41) is 7.19. The van der Waals surface area contributed by atoms with Crippen molar-refractivity contribution in [2.24, 2.45) is 5.92 Å². The van der Waals surface area contributed by atoms with Crippen molar-refractivity contribution in [2.45, 2.75) is 45.3 Å². The van der Waals surface area contributed by atoms with Gasteiger partial charge < -0.3 is 24.8 Å². The van der Waals surface area contributed by atoms with Crippen LogP contribution in [0.5, 0.6) is 0 Å². The number of nitrogens with one attached hydrogen (secondary N) is 2. The fraction of sp³-hybridized carbons (Fsp3) is 0.500. The zero-order chi connectivity index (χ0) is 24.0. The number of carbonyl (C=O) groups is 1. The molecule has 1 amide bonds. The zero-order valence-corrected chi connectivity index (χ0v) is 20.8. The van der Waals surface area contributed by atoms with Crippen molar-refractivity contribution >= 4 is 34.9 Å². The van der Waals surface area contributed by atoms with Gasteiger partial charge in [-0.05, 0) is 39.8 Å². The van der Waals surface area contributed by atoms with Crippen LogP contribution in [0.1, 0.15) is 33.4 Å². The van der Waals surface area contributed by atoms with Gasteiger partial charge in [-0.3, -0.25) is 4.79 Å². The first-order chi connectivity index (χ1) is 16.2. The van der Waals surface area contributed by atoms with Gasteiger partial charge in [-0.25, -0.2) is 9.97 Å². The zero-order valence-electron chi connectivity index (χ0n) is 20.0. The van der Waals surface area contributed by atoms with Gasteiger partial charge in [0.1, 0.15) is 10.7 Å². The smallest absolute Gasteiger partial charge is 0.227 e. The van der Waals surface area contributed by atoms with E-state index in [2.05, 4.69) is 44.2 Å². The molecular formula is C24H31ClN8O. The molecule has 0 radical (unpaired) electrons. The summed E-state index contributed by atoms with van der Waals surface area (Å²) in [4.78, 5) is 31.1. The van der Waals surface area contributed by atoms with E-state index >= 15 is 0 Å². The van der Waals surface area contributed by atoms with Gasteiger partial charge in [0.25, 0.3) is 0 Å². The number of carbonyl (C=O) groups excluding carboxylic acids is 1. The molecule has 2 aliphatic rings. The van der Waals surface area contributed by atoms with Crippen LogP contribution in [0.15, 0.2) is 36.8 Å². The molecule has 2 unspecified atom stereocenters. The molecule has 5 rings (SSSR count). The molecule has 3 aromatic rings. The number of fused-ring (bicyclic) bond motifs is 1. The monoisotopic (exact) mass is 482 g/mol. The van der Waals surface area contributed by atoms with Crippen molar-refractivity contribution in [1.29, 1.82) is 0 Å². The van der Waals surface area contributed by atoms with Gasteiger partial charge in [0, 0.05) is 44.5 Å². The van der Waals surface area contributed by atoms with E-state index in [9.17, 15) is 4.79 Å². The lowest BCUT2D eigenvalue weighted by Gasteiger charge is -2.42. The van der Waals surface area contributed by atoms with Crippen molar-refractivity contribution in [3.05, 3.63) is 47.5 Å². The molecule has 34 heavy (non-hydrogen) atoms. The second-order valence-electron chi connectivity index (χ2n) is 9.81. The largest absolute Gasteiger partial charge is 0.353 e. The summed E-state index contributed by atoms with van der Waals surface area (Å²) in [5.74, 6) is 1.25. The SMILES string of the molecule is CC1NCCN(c2ncc(Cl)c(N3CC(C(=O)NC(C)(C)c4cnc5ccccn45)C3)n2)C1C. The average molecular weight is 483 g/mol. The fourth-order valence-electron chi connectivity index (χ4n) is 4.73. The molecule has 9 nitrogen and oxygen atoms in total. The van der Waals surface area contributed by atoms with Gasteiger partial charge in [0.15, 0.2) is 5.82 Å². The Morgan fingerprint density at radius 3 is 2.79 bits per heavy atom. The van der Waals surface area contributed by atoms with Crippen LogP contribution < -0.4 is 20.4 Å². The van der Waals surface area contributed by atoms with Crippen LogP contribution >= 0.6 is 11.6 Å². The number of amides is 1. The lowest BCUT2D eigenvalue weighted by Crippen LogP contribution is -2.57. The molecule has 0 aliphatic carbocycles. The van der Waals surface area contributed by atoms with Gasteiger partial charge in [-0.15, -0.1) is 0 Å². The Balaban J connectivity index is 1.26. The Hall–Kier alpha value is -2.91. The van der Waals surface area contributed by atoms with E-state index < -0.39 is 5.54 Å². The molecule has 3 aromatic heterocycles. The van der Waals surface area contributed by atoms with Crippen LogP contribution in [0, 0.1) is 5.92 Å². The quantitative estimate of drug-likeness (QED) is 0.577. The molecule has 2 aliphatic heterocycles. The molecule has 2 N–H and O–H groups in total. The highest BCUT2D eigenvalue weighted by molar-refractivity contribution is 6.32. The number of nitrogens with zero attached hydrogens (tertiary/aromatic N) is 6. The molecule has 180 valence electrons. The first-order valence-electron chi connectivity index (χ1n) is 11.8. The number of aromatic nitrogens is 4. The van der Waals surface area contributed by atoms with Gasteiger partial charge in [0.05, 0.1) is 29.5 Å². The number of hydrogen-bond donors (Lipinski definition) is 2. The molecule has 10 heteroatoms. The number of anilines is 2. The molecule has 2 fully saturated rings. The van der Waals surface area contributed by atoms with Crippen LogP contribution in [0.2, 0.25) is 5.02 Å². The van der Waals surface area contributed by atoms with E-state index in [1.54, 1.807) is 6.20 Å². The van der Waals surface area contributed by atoms with E-state index in [4.69, 9.17) is 16.6 Å². The summed E-state index contributed by atoms with van der Waals surface area (Å²) in [7, 11) is 0. The van der Waals surface area contributed by atoms with Crippen LogP contribution in [0.25, 0.3) is 5.65 Å². The van der Waals surface area contributed by atoms with Gasteiger partial charge in [-0.2, -0.15) is 4.98 Å². The predicted octanol–water partition coefficient (Wildman–Crippen LogP) is 2.45. The third kappa shape index (κ3) is 4.07. The normalized spacial score (nSPS) is 21.6. The van der Waals surface area contributed by atoms with Crippen molar-refractivity contribution in [2.75, 3.05) is 36.0 Å². The minimum Gasteiger partial charge on any atom is -0.353 e. The summed E-state index contributed by atoms with van der Waals surface area (Å²) in [6, 6.07) is 6.49. The molecule has 0 saturated carbocycles. The van der Waals surface area contributed by atoms with E-state index in [-0.39, 0.29) is 17.9 Å². The minimum absolute atomic E-state index is 0.0158. The summed E-state index contributed by atoms with van der Waals surface area (Å²) in [5.41, 5.74) is 1.24. The Kier molecular flexibility index (Phi) is 5.85. The predicted molar refractivity (Wildman–Crippen MR) is 133 cm³/mol. The van der Waals surface area contributed by atoms with Crippen LogP contribution in [0.4, 0.5) is 11.8 Å². The van der Waals surface area contributed by atoms with E-state index in [0.29, 0.717) is 35.9 Å². The third-order valence-electron chi connectivity index (χ3n) is 7.05. The Morgan fingerprint density at radius 1 is 1.21 bits per heavy atom. The topological polar surface area (TPSA) is 90.7 Å². The van der Waals surface area contributed by atoms with E-state index in [1.165, 1.54) is 0 Å². The number of pyridine rings is 1. The number of rotatable bonds is 5. The first kappa shape index (κ1) is 22.9. The standard InChI is InChI=1S/C24H31ClN8O/c1-15-16(2)32(10-8-26-15)23-28-11-18(25)21(29-23)31-13-17(14-31)22(34)30-24(3,4)19-12-27-20-7-5-6-9-33(19)20/h5-7,9,11-12,15-17,26H,8,10,13-14H2,1-4H3,(H,30,34). The summed E-state index contributed by atoms with van der Waals surface area (Å²) >= 11 is 6.46. The number of imidazole rings is 1. The Morgan fingerprint density at radius 2 is 2.00 bits per heavy atom. The molecule has 0 spiro atoms. The first-order valence-corrected chi connectivity index (χ1v) is 12.1. The van der Waals surface area contributed by atoms with Crippen molar-refractivity contribution in [3.8, 4) is 0 Å². The second-order valence-corrected chi connectivity index (χ2v) is 10.2. The van der Waals surface area contributed by atoms with E-state index in [1.807, 2.05) is 48.8 Å². The molecule has 0 bridgehead atoms. The fourth-order valence-corrected chi connectivity index (χ4v) is 4.95. The van der Waals surface area contributed by atoms with Gasteiger partial charge in [0.2, 0.25) is 11.9 Å². The Bertz CT molecular complexity index is 1200. The van der Waals surface area contributed by atoms with Gasteiger partial charge in [-0.1, -0.05) is 17.7 Å². The molecule has 2 atom stereocenters. The highest BCUT2D eigenvalue weighted by atomic mass is 35.5. The maximum absolute atomic E-state index is 13.1. The van der Waals surface area contributed by atoms with Crippen molar-refractivity contribution < 1.29 is 4.79 Å². The molecular weight excluding hydrogens is 452 g/mol. The van der Waals surface area contributed by atoms with E-state index in [0.717, 1.165) is 24.4 Å². The van der Waals surface area contributed by atoms with Crippen molar-refractivity contribution in [1.82, 2.24) is 30.0 Å². The van der Waals surface area contributed by atoms with Crippen LogP contribution in [0.3, 0.4) is 0 Å².